The van der Waals surface area contributed by atoms with Crippen molar-refractivity contribution in [2.75, 3.05) is 10.6 Å². The summed E-state index contributed by atoms with van der Waals surface area (Å²) in [5, 5.41) is 11.9. The number of aromatic nitrogens is 2. The molecule has 1 aromatic heterocycles. The van der Waals surface area contributed by atoms with Crippen LogP contribution in [0.25, 0.3) is 0 Å². The Morgan fingerprint density at radius 3 is 2.95 bits per heavy atom. The zero-order chi connectivity index (χ0) is 13.5. The van der Waals surface area contributed by atoms with E-state index in [1.54, 1.807) is 12.4 Å². The summed E-state index contributed by atoms with van der Waals surface area (Å²) in [6.45, 7) is 3.71. The largest absolute Gasteiger partial charge is 0.323 e. The molecule has 1 heterocycles. The van der Waals surface area contributed by atoms with Crippen LogP contribution < -0.4 is 10.6 Å². The van der Waals surface area contributed by atoms with Crippen LogP contribution in [0.15, 0.2) is 49.3 Å². The van der Waals surface area contributed by atoms with E-state index in [2.05, 4.69) is 27.4 Å². The number of carbonyl (C=O) groups excluding carboxylic acids is 1. The Morgan fingerprint density at radius 1 is 1.37 bits per heavy atom. The number of anilines is 2. The maximum absolute atomic E-state index is 11.8. The van der Waals surface area contributed by atoms with E-state index in [1.807, 2.05) is 30.3 Å². The first-order valence-corrected chi connectivity index (χ1v) is 6.05. The lowest BCUT2D eigenvalue weighted by molar-refractivity contribution is 0.262. The van der Waals surface area contributed by atoms with Crippen molar-refractivity contribution in [2.45, 2.75) is 12.8 Å². The topological polar surface area (TPSA) is 69.8 Å². The van der Waals surface area contributed by atoms with Crippen LogP contribution in [-0.2, 0) is 6.42 Å². The van der Waals surface area contributed by atoms with E-state index in [9.17, 15) is 4.79 Å². The number of H-pyrrole nitrogens is 1. The quantitative estimate of drug-likeness (QED) is 0.719. The fourth-order valence-electron chi connectivity index (χ4n) is 1.72. The van der Waals surface area contributed by atoms with Crippen LogP contribution in [0.3, 0.4) is 0 Å². The maximum Gasteiger partial charge on any atom is 0.323 e. The fraction of sp³-hybridized carbons (Fsp3) is 0.143. The summed E-state index contributed by atoms with van der Waals surface area (Å²) in [6, 6.07) is 7.44. The highest BCUT2D eigenvalue weighted by molar-refractivity contribution is 6.00. The van der Waals surface area contributed by atoms with E-state index in [-0.39, 0.29) is 6.03 Å². The number of benzene rings is 1. The molecule has 2 amide bonds. The van der Waals surface area contributed by atoms with Crippen molar-refractivity contribution in [3.63, 3.8) is 0 Å². The number of nitrogens with zero attached hydrogens (tertiary/aromatic N) is 1. The average Bonchev–Trinajstić information content (AvgIpc) is 2.90. The predicted octanol–water partition coefficient (Wildman–Crippen LogP) is 3.17. The fourth-order valence-corrected chi connectivity index (χ4v) is 1.72. The number of carbonyl (C=O) groups is 1. The predicted molar refractivity (Wildman–Crippen MR) is 76.2 cm³/mol. The number of urea groups is 1. The van der Waals surface area contributed by atoms with E-state index in [0.29, 0.717) is 5.69 Å². The van der Waals surface area contributed by atoms with Gasteiger partial charge >= 0.3 is 6.03 Å². The third-order valence-corrected chi connectivity index (χ3v) is 2.64. The third-order valence-electron chi connectivity index (χ3n) is 2.64. The molecule has 0 unspecified atom stereocenters. The molecule has 0 aliphatic carbocycles. The van der Waals surface area contributed by atoms with Crippen LogP contribution in [0, 0.1) is 0 Å². The summed E-state index contributed by atoms with van der Waals surface area (Å²) >= 11 is 0. The van der Waals surface area contributed by atoms with Crippen molar-refractivity contribution in [3.8, 4) is 0 Å². The Hall–Kier alpha value is -2.56. The molecule has 98 valence electrons. The summed E-state index contributed by atoms with van der Waals surface area (Å²) in [7, 11) is 0. The number of aromatic amines is 1. The molecule has 0 aliphatic rings. The van der Waals surface area contributed by atoms with Gasteiger partial charge in [-0.2, -0.15) is 5.10 Å². The molecule has 0 bridgehead atoms. The molecule has 5 nitrogen and oxygen atoms in total. The number of allylic oxidation sites excluding steroid dienone is 1. The minimum Gasteiger partial charge on any atom is -0.307 e. The summed E-state index contributed by atoms with van der Waals surface area (Å²) in [4.78, 5) is 11.8. The van der Waals surface area contributed by atoms with Crippen molar-refractivity contribution in [1.29, 1.82) is 0 Å². The molecule has 19 heavy (non-hydrogen) atoms. The monoisotopic (exact) mass is 256 g/mol. The molecule has 0 atom stereocenters. The van der Waals surface area contributed by atoms with Crippen molar-refractivity contribution >= 4 is 17.4 Å². The Labute approximate surface area is 111 Å². The van der Waals surface area contributed by atoms with Gasteiger partial charge in [0.05, 0.1) is 11.9 Å². The van der Waals surface area contributed by atoms with Gasteiger partial charge in [0.1, 0.15) is 0 Å². The van der Waals surface area contributed by atoms with Gasteiger partial charge in [-0.1, -0.05) is 24.3 Å². The first-order valence-electron chi connectivity index (χ1n) is 6.05. The highest BCUT2D eigenvalue weighted by Gasteiger charge is 2.06. The van der Waals surface area contributed by atoms with Crippen LogP contribution in [-0.4, -0.2) is 16.2 Å². The molecule has 0 saturated carbocycles. The maximum atomic E-state index is 11.8. The Bertz CT molecular complexity index is 548. The van der Waals surface area contributed by atoms with Crippen molar-refractivity contribution < 1.29 is 4.79 Å². The molecule has 0 fully saturated rings. The highest BCUT2D eigenvalue weighted by Crippen LogP contribution is 2.17. The van der Waals surface area contributed by atoms with E-state index in [1.165, 1.54) is 0 Å². The second-order valence-electron chi connectivity index (χ2n) is 4.05. The minimum absolute atomic E-state index is 0.285. The number of rotatable bonds is 5. The van der Waals surface area contributed by atoms with E-state index in [0.717, 1.165) is 24.1 Å². The summed E-state index contributed by atoms with van der Waals surface area (Å²) < 4.78 is 0. The SMILES string of the molecule is C=CCCc1ccccc1NC(=O)Nc1cn[nH]c1. The number of nitrogens with one attached hydrogen (secondary N) is 3. The zero-order valence-corrected chi connectivity index (χ0v) is 10.5. The van der Waals surface area contributed by atoms with Gasteiger partial charge in [-0.15, -0.1) is 6.58 Å². The molecular formula is C14H16N4O. The van der Waals surface area contributed by atoms with Gasteiger partial charge in [0, 0.05) is 11.9 Å². The number of para-hydroxylation sites is 1. The highest BCUT2D eigenvalue weighted by atomic mass is 16.2. The van der Waals surface area contributed by atoms with Gasteiger partial charge in [-0.25, -0.2) is 4.79 Å². The summed E-state index contributed by atoms with van der Waals surface area (Å²) in [5.74, 6) is 0. The van der Waals surface area contributed by atoms with Gasteiger partial charge in [0.15, 0.2) is 0 Å². The van der Waals surface area contributed by atoms with Crippen LogP contribution in [0.4, 0.5) is 16.2 Å². The smallest absolute Gasteiger partial charge is 0.307 e. The number of hydrogen-bond donors (Lipinski definition) is 3. The first kappa shape index (κ1) is 12.9. The van der Waals surface area contributed by atoms with Gasteiger partial charge in [0.25, 0.3) is 0 Å². The first-order chi connectivity index (χ1) is 9.29. The average molecular weight is 256 g/mol. The van der Waals surface area contributed by atoms with Gasteiger partial charge in [0.2, 0.25) is 0 Å². The van der Waals surface area contributed by atoms with Crippen molar-refractivity contribution in [1.82, 2.24) is 10.2 Å². The Kier molecular flexibility index (Phi) is 4.34. The minimum atomic E-state index is -0.285. The molecule has 0 spiro atoms. The lowest BCUT2D eigenvalue weighted by Gasteiger charge is -2.10. The van der Waals surface area contributed by atoms with Crippen molar-refractivity contribution in [3.05, 3.63) is 54.9 Å². The van der Waals surface area contributed by atoms with Crippen LogP contribution in [0.2, 0.25) is 0 Å². The van der Waals surface area contributed by atoms with Crippen LogP contribution >= 0.6 is 0 Å². The number of aryl methyl sites for hydroxylation is 1. The molecular weight excluding hydrogens is 240 g/mol. The number of hydrogen-bond acceptors (Lipinski definition) is 2. The van der Waals surface area contributed by atoms with Gasteiger partial charge in [-0.05, 0) is 24.5 Å². The normalized spacial score (nSPS) is 9.89. The van der Waals surface area contributed by atoms with Crippen molar-refractivity contribution in [2.24, 2.45) is 0 Å². The standard InChI is InChI=1S/C14H16N4O/c1-2-3-6-11-7-4-5-8-13(11)18-14(19)17-12-9-15-16-10-12/h2,4-5,7-10H,1,3,6H2,(H,15,16)(H2,17,18,19). The second-order valence-corrected chi connectivity index (χ2v) is 4.05. The Morgan fingerprint density at radius 2 is 2.21 bits per heavy atom. The molecule has 3 N–H and O–H groups in total. The number of amides is 2. The molecule has 2 aromatic rings. The van der Waals surface area contributed by atoms with Gasteiger partial charge in [-0.3, -0.25) is 5.10 Å². The van der Waals surface area contributed by atoms with Crippen LogP contribution in [0.1, 0.15) is 12.0 Å². The lowest BCUT2D eigenvalue weighted by atomic mass is 10.1. The summed E-state index contributed by atoms with van der Waals surface area (Å²) in [6.07, 6.45) is 6.75. The van der Waals surface area contributed by atoms with Gasteiger partial charge < -0.3 is 10.6 Å². The Balaban J connectivity index is 2.01. The van der Waals surface area contributed by atoms with Crippen LogP contribution in [0.5, 0.6) is 0 Å². The zero-order valence-electron chi connectivity index (χ0n) is 10.5. The molecule has 0 aliphatic heterocycles. The molecule has 0 saturated heterocycles. The van der Waals surface area contributed by atoms with E-state index >= 15 is 0 Å². The molecule has 0 radical (unpaired) electrons. The summed E-state index contributed by atoms with van der Waals surface area (Å²) in [5.41, 5.74) is 2.52. The molecule has 1 aromatic carbocycles. The lowest BCUT2D eigenvalue weighted by Crippen LogP contribution is -2.19. The van der Waals surface area contributed by atoms with E-state index in [4.69, 9.17) is 0 Å². The third kappa shape index (κ3) is 3.70. The van der Waals surface area contributed by atoms with E-state index < -0.39 is 0 Å². The molecule has 2 rings (SSSR count). The second kappa shape index (κ2) is 6.39. The molecule has 5 heteroatoms.